The largest absolute Gasteiger partial charge is 0.444 e. The van der Waals surface area contributed by atoms with Crippen molar-refractivity contribution in [2.24, 2.45) is 5.14 Å². The number of carbonyl (C=O) groups excluding carboxylic acids is 1. The monoisotopic (exact) mass is 287 g/mol. The van der Waals surface area contributed by atoms with Crippen LogP contribution in [0.4, 0.5) is 10.6 Å². The van der Waals surface area contributed by atoms with E-state index in [1.807, 2.05) is 0 Å². The molecule has 1 aromatic heterocycles. The third-order valence-electron chi connectivity index (χ3n) is 2.00. The molecule has 0 aliphatic rings. The Kier molecular flexibility index (Phi) is 4.16. The number of nitrogens with two attached hydrogens (primary N) is 1. The molecule has 19 heavy (non-hydrogen) atoms. The lowest BCUT2D eigenvalue weighted by Crippen LogP contribution is -2.27. The highest BCUT2D eigenvalue weighted by Gasteiger charge is 2.18. The summed E-state index contributed by atoms with van der Waals surface area (Å²) >= 11 is 0. The first kappa shape index (κ1) is 15.4. The number of carbonyl (C=O) groups is 1. The Bertz CT molecular complexity index is 590. The molecular weight excluding hydrogens is 270 g/mol. The van der Waals surface area contributed by atoms with Gasteiger partial charge in [0.1, 0.15) is 16.3 Å². The molecule has 0 atom stereocenters. The van der Waals surface area contributed by atoms with E-state index in [1.165, 1.54) is 6.07 Å². The van der Waals surface area contributed by atoms with E-state index in [0.717, 1.165) is 6.20 Å². The Hall–Kier alpha value is -1.67. The number of hydrogen-bond acceptors (Lipinski definition) is 5. The number of aromatic nitrogens is 1. The lowest BCUT2D eigenvalue weighted by Gasteiger charge is -2.19. The fourth-order valence-electron chi connectivity index (χ4n) is 1.32. The summed E-state index contributed by atoms with van der Waals surface area (Å²) in [5.41, 5.74) is -0.233. The molecule has 1 rings (SSSR count). The van der Waals surface area contributed by atoms with Crippen LogP contribution in [-0.4, -0.2) is 25.1 Å². The van der Waals surface area contributed by atoms with Crippen LogP contribution in [0, 0.1) is 6.92 Å². The average molecular weight is 287 g/mol. The molecule has 0 saturated heterocycles. The highest BCUT2D eigenvalue weighted by Crippen LogP contribution is 2.16. The fourth-order valence-corrected chi connectivity index (χ4v) is 2.03. The fraction of sp³-hybridized carbons (Fsp3) is 0.455. The van der Waals surface area contributed by atoms with Gasteiger partial charge in [0, 0.05) is 6.20 Å². The Labute approximate surface area is 112 Å². The van der Waals surface area contributed by atoms with Crippen molar-refractivity contribution in [3.8, 4) is 0 Å². The van der Waals surface area contributed by atoms with Crippen LogP contribution in [0.25, 0.3) is 0 Å². The molecule has 1 amide bonds. The number of nitrogens with zero attached hydrogens (tertiary/aromatic N) is 1. The Morgan fingerprint density at radius 2 is 2.00 bits per heavy atom. The molecular formula is C11H17N3O4S. The molecule has 0 aliphatic heterocycles. The van der Waals surface area contributed by atoms with E-state index in [4.69, 9.17) is 9.88 Å². The number of aryl methyl sites for hydroxylation is 1. The van der Waals surface area contributed by atoms with Gasteiger partial charge in [-0.25, -0.2) is 23.3 Å². The molecule has 106 valence electrons. The minimum Gasteiger partial charge on any atom is -0.444 e. The van der Waals surface area contributed by atoms with Gasteiger partial charge in [-0.05, 0) is 39.3 Å². The molecule has 1 heterocycles. The minimum atomic E-state index is -3.81. The van der Waals surface area contributed by atoms with Crippen LogP contribution in [0.1, 0.15) is 26.3 Å². The number of ether oxygens (including phenoxy) is 1. The van der Waals surface area contributed by atoms with E-state index in [-0.39, 0.29) is 10.7 Å². The normalized spacial score (nSPS) is 12.1. The standard InChI is InChI=1S/C11H17N3O4S/c1-7-5-9(13-6-8(7)19(12,16)17)14-10(15)18-11(2,3)4/h5-6H,1-4H3,(H2,12,16,17)(H,13,14,15). The van der Waals surface area contributed by atoms with Crippen LogP contribution in [-0.2, 0) is 14.8 Å². The van der Waals surface area contributed by atoms with Gasteiger partial charge in [0.25, 0.3) is 0 Å². The zero-order valence-corrected chi connectivity index (χ0v) is 12.0. The predicted octanol–water partition coefficient (Wildman–Crippen LogP) is 1.38. The van der Waals surface area contributed by atoms with Crippen molar-refractivity contribution in [2.45, 2.75) is 38.2 Å². The molecule has 8 heteroatoms. The van der Waals surface area contributed by atoms with Crippen LogP contribution >= 0.6 is 0 Å². The molecule has 0 spiro atoms. The van der Waals surface area contributed by atoms with Crippen LogP contribution in [0.2, 0.25) is 0 Å². The second-order valence-corrected chi connectivity index (χ2v) is 6.54. The molecule has 0 aromatic carbocycles. The summed E-state index contributed by atoms with van der Waals surface area (Å²) in [5, 5.41) is 7.42. The van der Waals surface area contributed by atoms with E-state index in [1.54, 1.807) is 27.7 Å². The summed E-state index contributed by atoms with van der Waals surface area (Å²) in [6.45, 7) is 6.75. The number of sulfonamides is 1. The Morgan fingerprint density at radius 3 is 2.42 bits per heavy atom. The van der Waals surface area contributed by atoms with Gasteiger partial charge in [0.05, 0.1) is 0 Å². The summed E-state index contributed by atoms with van der Waals surface area (Å²) in [6, 6.07) is 1.41. The number of anilines is 1. The maximum atomic E-state index is 11.5. The molecule has 0 unspecified atom stereocenters. The lowest BCUT2D eigenvalue weighted by molar-refractivity contribution is 0.0635. The van der Waals surface area contributed by atoms with E-state index in [2.05, 4.69) is 10.3 Å². The van der Waals surface area contributed by atoms with Crippen molar-refractivity contribution in [1.82, 2.24) is 4.98 Å². The summed E-state index contributed by atoms with van der Waals surface area (Å²) < 4.78 is 27.4. The van der Waals surface area contributed by atoms with Crippen molar-refractivity contribution in [3.63, 3.8) is 0 Å². The number of hydrogen-bond donors (Lipinski definition) is 2. The first-order valence-electron chi connectivity index (χ1n) is 5.48. The second-order valence-electron chi connectivity index (χ2n) is 5.01. The van der Waals surface area contributed by atoms with Gasteiger partial charge in [-0.2, -0.15) is 0 Å². The van der Waals surface area contributed by atoms with E-state index in [9.17, 15) is 13.2 Å². The van der Waals surface area contributed by atoms with Gasteiger partial charge >= 0.3 is 6.09 Å². The van der Waals surface area contributed by atoms with Gasteiger partial charge in [0.15, 0.2) is 0 Å². The van der Waals surface area contributed by atoms with Gasteiger partial charge in [0.2, 0.25) is 10.0 Å². The van der Waals surface area contributed by atoms with Gasteiger partial charge in [-0.1, -0.05) is 0 Å². The second kappa shape index (κ2) is 5.14. The van der Waals surface area contributed by atoms with Crippen LogP contribution in [0.15, 0.2) is 17.2 Å². The van der Waals surface area contributed by atoms with Gasteiger partial charge in [-0.3, -0.25) is 5.32 Å². The van der Waals surface area contributed by atoms with Gasteiger partial charge in [-0.15, -0.1) is 0 Å². The first-order chi connectivity index (χ1) is 8.49. The van der Waals surface area contributed by atoms with Crippen molar-refractivity contribution in [3.05, 3.63) is 17.8 Å². The van der Waals surface area contributed by atoms with E-state index >= 15 is 0 Å². The van der Waals surface area contributed by atoms with E-state index < -0.39 is 21.7 Å². The quantitative estimate of drug-likeness (QED) is 0.853. The summed E-state index contributed by atoms with van der Waals surface area (Å²) in [5.74, 6) is 0.194. The molecule has 0 aliphatic carbocycles. The predicted molar refractivity (Wildman–Crippen MR) is 70.2 cm³/mol. The molecule has 0 saturated carbocycles. The zero-order valence-electron chi connectivity index (χ0n) is 11.2. The molecule has 0 fully saturated rings. The maximum Gasteiger partial charge on any atom is 0.413 e. The third kappa shape index (κ3) is 4.84. The molecule has 0 bridgehead atoms. The van der Waals surface area contributed by atoms with Crippen molar-refractivity contribution in [2.75, 3.05) is 5.32 Å². The number of primary sulfonamides is 1. The third-order valence-corrected chi connectivity index (χ3v) is 3.04. The highest BCUT2D eigenvalue weighted by molar-refractivity contribution is 7.89. The Morgan fingerprint density at radius 1 is 1.42 bits per heavy atom. The van der Waals surface area contributed by atoms with Crippen LogP contribution < -0.4 is 10.5 Å². The first-order valence-corrected chi connectivity index (χ1v) is 7.03. The number of pyridine rings is 1. The van der Waals surface area contributed by atoms with Crippen molar-refractivity contribution < 1.29 is 17.9 Å². The zero-order chi connectivity index (χ0) is 14.8. The maximum absolute atomic E-state index is 11.5. The molecule has 1 aromatic rings. The number of rotatable bonds is 2. The minimum absolute atomic E-state index is 0.0813. The van der Waals surface area contributed by atoms with Gasteiger partial charge < -0.3 is 4.74 Å². The average Bonchev–Trinajstić information content (AvgIpc) is 2.11. The Balaban J connectivity index is 2.89. The molecule has 7 nitrogen and oxygen atoms in total. The summed E-state index contributed by atoms with van der Waals surface area (Å²) in [7, 11) is -3.81. The number of amides is 1. The smallest absolute Gasteiger partial charge is 0.413 e. The van der Waals surface area contributed by atoms with Crippen LogP contribution in [0.3, 0.4) is 0 Å². The lowest BCUT2D eigenvalue weighted by atomic mass is 10.2. The summed E-state index contributed by atoms with van der Waals surface area (Å²) in [6.07, 6.45) is 0.430. The topological polar surface area (TPSA) is 111 Å². The van der Waals surface area contributed by atoms with Crippen molar-refractivity contribution in [1.29, 1.82) is 0 Å². The van der Waals surface area contributed by atoms with E-state index in [0.29, 0.717) is 5.56 Å². The van der Waals surface area contributed by atoms with Crippen LogP contribution in [0.5, 0.6) is 0 Å². The highest BCUT2D eigenvalue weighted by atomic mass is 32.2. The SMILES string of the molecule is Cc1cc(NC(=O)OC(C)(C)C)ncc1S(N)(=O)=O. The molecule has 3 N–H and O–H groups in total. The summed E-state index contributed by atoms with van der Waals surface area (Å²) in [4.78, 5) is 15.2. The number of nitrogens with one attached hydrogen (secondary N) is 1. The molecule has 0 radical (unpaired) electrons. The van der Waals surface area contributed by atoms with Crippen molar-refractivity contribution >= 4 is 21.9 Å².